The van der Waals surface area contributed by atoms with Crippen LogP contribution >= 0.6 is 0 Å². The van der Waals surface area contributed by atoms with Crippen LogP contribution in [0.25, 0.3) is 0 Å². The van der Waals surface area contributed by atoms with Gasteiger partial charge in [-0.25, -0.2) is 0 Å². The molecule has 0 bridgehead atoms. The molecule has 154 valence electrons. The summed E-state index contributed by atoms with van der Waals surface area (Å²) in [6, 6.07) is 6.08. The van der Waals surface area contributed by atoms with E-state index in [0.29, 0.717) is 31.4 Å². The van der Waals surface area contributed by atoms with Gasteiger partial charge in [-0.05, 0) is 43.5 Å². The molecule has 1 rings (SSSR count). The molecule has 2 amide bonds. The summed E-state index contributed by atoms with van der Waals surface area (Å²) < 4.78 is 9.76. The minimum atomic E-state index is -0.750. The van der Waals surface area contributed by atoms with Gasteiger partial charge in [0.25, 0.3) is 0 Å². The highest BCUT2D eigenvalue weighted by molar-refractivity contribution is 5.97. The number of ether oxygens (including phenoxy) is 2. The summed E-state index contributed by atoms with van der Waals surface area (Å²) in [5, 5.41) is 5.35. The minimum absolute atomic E-state index is 0.155. The predicted molar refractivity (Wildman–Crippen MR) is 102 cm³/mol. The van der Waals surface area contributed by atoms with Crippen molar-refractivity contribution in [3.8, 4) is 0 Å². The van der Waals surface area contributed by atoms with Crippen LogP contribution in [-0.2, 0) is 35.3 Å². The molecule has 0 radical (unpaired) electrons. The number of hydrogen-bond donors (Lipinski definition) is 3. The van der Waals surface area contributed by atoms with Gasteiger partial charge in [0, 0.05) is 12.6 Å². The van der Waals surface area contributed by atoms with Gasteiger partial charge in [0.05, 0.1) is 0 Å². The van der Waals surface area contributed by atoms with Crippen molar-refractivity contribution in [3.05, 3.63) is 29.8 Å². The first kappa shape index (κ1) is 23.3. The number of amides is 2. The van der Waals surface area contributed by atoms with Crippen molar-refractivity contribution in [1.82, 2.24) is 5.32 Å². The molecular weight excluding hydrogens is 366 g/mol. The van der Waals surface area contributed by atoms with Gasteiger partial charge in [-0.2, -0.15) is 0 Å². The number of aldehydes is 1. The molecule has 1 aromatic carbocycles. The maximum Gasteiger partial charge on any atom is 0.302 e. The largest absolute Gasteiger partial charge is 0.461 e. The van der Waals surface area contributed by atoms with E-state index < -0.39 is 11.9 Å². The molecule has 28 heavy (non-hydrogen) atoms. The Morgan fingerprint density at radius 3 is 2.50 bits per heavy atom. The minimum Gasteiger partial charge on any atom is -0.461 e. The molecule has 9 nitrogen and oxygen atoms in total. The van der Waals surface area contributed by atoms with Gasteiger partial charge in [-0.3, -0.25) is 14.4 Å². The van der Waals surface area contributed by atoms with Crippen LogP contribution < -0.4 is 16.4 Å². The van der Waals surface area contributed by atoms with E-state index in [-0.39, 0.29) is 31.7 Å². The van der Waals surface area contributed by atoms with Crippen LogP contribution in [0.15, 0.2) is 24.3 Å². The third-order valence-electron chi connectivity index (χ3n) is 3.68. The van der Waals surface area contributed by atoms with Gasteiger partial charge in [0.2, 0.25) is 11.8 Å². The smallest absolute Gasteiger partial charge is 0.302 e. The van der Waals surface area contributed by atoms with Crippen LogP contribution in [0.5, 0.6) is 0 Å². The van der Waals surface area contributed by atoms with E-state index >= 15 is 0 Å². The monoisotopic (exact) mass is 393 g/mol. The van der Waals surface area contributed by atoms with Crippen LogP contribution in [0.1, 0.15) is 31.7 Å². The normalized spacial score (nSPS) is 11.4. The molecule has 0 aromatic heterocycles. The Bertz CT molecular complexity index is 648. The van der Waals surface area contributed by atoms with Gasteiger partial charge < -0.3 is 30.6 Å². The number of benzene rings is 1. The SMILES string of the molecule is CC(=O)OCc1ccc(NC(=O)C(CCCCN)NC(=O)COCC=O)cc1. The fourth-order valence-electron chi connectivity index (χ4n) is 2.30. The van der Waals surface area contributed by atoms with E-state index in [1.165, 1.54) is 6.92 Å². The molecule has 1 unspecified atom stereocenters. The van der Waals surface area contributed by atoms with E-state index in [0.717, 1.165) is 12.0 Å². The molecule has 0 aliphatic carbocycles. The Morgan fingerprint density at radius 2 is 1.89 bits per heavy atom. The Kier molecular flexibility index (Phi) is 11.1. The standard InChI is InChI=1S/C19H27N3O6/c1-14(24)28-12-15-5-7-16(8-6-15)21-19(26)17(4-2-3-9-20)22-18(25)13-27-11-10-23/h5-8,10,17H,2-4,9,11-13,20H2,1H3,(H,21,26)(H,22,25). The lowest BCUT2D eigenvalue weighted by molar-refractivity contribution is -0.142. The van der Waals surface area contributed by atoms with Gasteiger partial charge in [-0.1, -0.05) is 12.1 Å². The quantitative estimate of drug-likeness (QED) is 0.252. The summed E-state index contributed by atoms with van der Waals surface area (Å²) in [4.78, 5) is 45.5. The van der Waals surface area contributed by atoms with Crippen LogP contribution in [0.3, 0.4) is 0 Å². The second-order valence-corrected chi connectivity index (χ2v) is 6.05. The number of rotatable bonds is 13. The maximum absolute atomic E-state index is 12.5. The molecule has 1 aromatic rings. The summed E-state index contributed by atoms with van der Waals surface area (Å²) in [6.45, 7) is 1.50. The Labute approximate surface area is 163 Å². The summed E-state index contributed by atoms with van der Waals surface area (Å²) in [7, 11) is 0. The van der Waals surface area contributed by atoms with Crippen molar-refractivity contribution in [3.63, 3.8) is 0 Å². The van der Waals surface area contributed by atoms with Gasteiger partial charge >= 0.3 is 5.97 Å². The average molecular weight is 393 g/mol. The molecule has 0 saturated heterocycles. The van der Waals surface area contributed by atoms with E-state index in [1.807, 2.05) is 0 Å². The molecule has 0 fully saturated rings. The fourth-order valence-corrected chi connectivity index (χ4v) is 2.30. The lowest BCUT2D eigenvalue weighted by atomic mass is 10.1. The van der Waals surface area contributed by atoms with Crippen LogP contribution in [0.4, 0.5) is 5.69 Å². The molecule has 1 atom stereocenters. The van der Waals surface area contributed by atoms with Crippen molar-refractivity contribution in [2.24, 2.45) is 5.73 Å². The Morgan fingerprint density at radius 1 is 1.18 bits per heavy atom. The Balaban J connectivity index is 2.64. The summed E-state index contributed by atoms with van der Waals surface area (Å²) in [5.74, 6) is -1.22. The highest BCUT2D eigenvalue weighted by atomic mass is 16.5. The van der Waals surface area contributed by atoms with Crippen LogP contribution in [0, 0.1) is 0 Å². The van der Waals surface area contributed by atoms with Gasteiger partial charge in [0.15, 0.2) is 0 Å². The highest BCUT2D eigenvalue weighted by Crippen LogP contribution is 2.12. The predicted octanol–water partition coefficient (Wildman–Crippen LogP) is 0.518. The molecule has 9 heteroatoms. The van der Waals surface area contributed by atoms with Gasteiger partial charge in [-0.15, -0.1) is 0 Å². The third kappa shape index (κ3) is 9.79. The molecule has 0 saturated carbocycles. The Hall–Kier alpha value is -2.78. The molecular formula is C19H27N3O6. The van der Waals surface area contributed by atoms with E-state index in [4.69, 9.17) is 15.2 Å². The second kappa shape index (κ2) is 13.4. The summed E-state index contributed by atoms with van der Waals surface area (Å²) in [5.41, 5.74) is 6.82. The number of carbonyl (C=O) groups excluding carboxylic acids is 4. The van der Waals surface area contributed by atoms with Crippen molar-refractivity contribution >= 4 is 29.8 Å². The number of anilines is 1. The zero-order valence-electron chi connectivity index (χ0n) is 15.9. The highest BCUT2D eigenvalue weighted by Gasteiger charge is 2.20. The van der Waals surface area contributed by atoms with E-state index in [1.54, 1.807) is 24.3 Å². The third-order valence-corrected chi connectivity index (χ3v) is 3.68. The van der Waals surface area contributed by atoms with Crippen molar-refractivity contribution in [2.45, 2.75) is 38.8 Å². The van der Waals surface area contributed by atoms with Crippen LogP contribution in [0.2, 0.25) is 0 Å². The lowest BCUT2D eigenvalue weighted by Crippen LogP contribution is -2.45. The molecule has 0 heterocycles. The van der Waals surface area contributed by atoms with E-state index in [9.17, 15) is 19.2 Å². The molecule has 0 aliphatic rings. The maximum atomic E-state index is 12.5. The number of carbonyl (C=O) groups is 4. The first-order valence-electron chi connectivity index (χ1n) is 9.00. The number of nitrogens with one attached hydrogen (secondary N) is 2. The number of nitrogens with two attached hydrogens (primary N) is 1. The molecule has 0 spiro atoms. The number of esters is 1. The first-order chi connectivity index (χ1) is 13.5. The zero-order chi connectivity index (χ0) is 20.8. The average Bonchev–Trinajstić information content (AvgIpc) is 2.67. The fraction of sp³-hybridized carbons (Fsp3) is 0.474. The van der Waals surface area contributed by atoms with Crippen molar-refractivity contribution in [2.75, 3.05) is 25.1 Å². The van der Waals surface area contributed by atoms with Gasteiger partial charge in [0.1, 0.15) is 32.1 Å². The lowest BCUT2D eigenvalue weighted by Gasteiger charge is -2.18. The first-order valence-corrected chi connectivity index (χ1v) is 9.00. The van der Waals surface area contributed by atoms with Crippen LogP contribution in [-0.4, -0.2) is 49.9 Å². The zero-order valence-corrected chi connectivity index (χ0v) is 15.9. The number of hydrogen-bond acceptors (Lipinski definition) is 7. The molecule has 0 aliphatic heterocycles. The summed E-state index contributed by atoms with van der Waals surface area (Å²) >= 11 is 0. The number of unbranched alkanes of at least 4 members (excludes halogenated alkanes) is 1. The topological polar surface area (TPSA) is 137 Å². The molecule has 4 N–H and O–H groups in total. The van der Waals surface area contributed by atoms with E-state index in [2.05, 4.69) is 10.6 Å². The van der Waals surface area contributed by atoms with Crippen molar-refractivity contribution < 1.29 is 28.7 Å². The van der Waals surface area contributed by atoms with Crippen molar-refractivity contribution in [1.29, 1.82) is 0 Å². The second-order valence-electron chi connectivity index (χ2n) is 6.05. The summed E-state index contributed by atoms with van der Waals surface area (Å²) in [6.07, 6.45) is 2.37.